The van der Waals surface area contributed by atoms with E-state index in [9.17, 15) is 9.59 Å². The van der Waals surface area contributed by atoms with Crippen LogP contribution in [0, 0.1) is 5.92 Å². The van der Waals surface area contributed by atoms with Gasteiger partial charge in [-0.15, -0.1) is 0 Å². The Morgan fingerprint density at radius 1 is 1.00 bits per heavy atom. The van der Waals surface area contributed by atoms with Crippen LogP contribution in [0.15, 0.2) is 9.67 Å². The molecule has 0 bridgehead atoms. The van der Waals surface area contributed by atoms with Crippen molar-refractivity contribution in [3.05, 3.63) is 9.67 Å². The van der Waals surface area contributed by atoms with Gasteiger partial charge in [0.05, 0.1) is 0 Å². The Labute approximate surface area is 205 Å². The second-order valence-electron chi connectivity index (χ2n) is 9.85. The molecule has 0 saturated carbocycles. The van der Waals surface area contributed by atoms with Gasteiger partial charge in [-0.25, -0.2) is 0 Å². The number of carbonyl (C=O) groups is 2. The van der Waals surface area contributed by atoms with Crippen LogP contribution >= 0.6 is 0 Å². The molecule has 6 nitrogen and oxygen atoms in total. The van der Waals surface area contributed by atoms with Crippen LogP contribution in [-0.2, 0) is 28.5 Å². The van der Waals surface area contributed by atoms with Gasteiger partial charge in [-0.3, -0.25) is 0 Å². The van der Waals surface area contributed by atoms with Gasteiger partial charge in [-0.05, 0) is 0 Å². The number of hydrogen-bond donors (Lipinski definition) is 0. The van der Waals surface area contributed by atoms with Crippen LogP contribution in [0.3, 0.4) is 0 Å². The Balaban J connectivity index is 2.31. The topological polar surface area (TPSA) is 71.1 Å². The van der Waals surface area contributed by atoms with E-state index >= 15 is 0 Å². The van der Waals surface area contributed by atoms with Crippen LogP contribution in [0.4, 0.5) is 0 Å². The normalized spacial score (nSPS) is 26.6. The van der Waals surface area contributed by atoms with E-state index < -0.39 is 30.6 Å². The number of esters is 2. The molecule has 33 heavy (non-hydrogen) atoms. The summed E-state index contributed by atoms with van der Waals surface area (Å²) in [6.45, 7) is 10.4. The fourth-order valence-electron chi connectivity index (χ4n) is 5.26. The molecule has 0 N–H and O–H groups in total. The van der Waals surface area contributed by atoms with E-state index in [1.165, 1.54) is 71.3 Å². The number of unbranched alkanes of at least 4 members (excludes halogenated alkanes) is 3. The monoisotopic (exact) mass is 574 g/mol. The first-order chi connectivity index (χ1) is 15.8. The molecular weight excluding hydrogens is 527 g/mol. The molecule has 4 atom stereocenters. The van der Waals surface area contributed by atoms with Crippen LogP contribution in [-0.4, -0.2) is 62.0 Å². The van der Waals surface area contributed by atoms with Crippen molar-refractivity contribution in [1.29, 1.82) is 0 Å². The Morgan fingerprint density at radius 2 is 1.61 bits per heavy atom. The molecule has 2 saturated heterocycles. The molecular formula is C26H46O6Sn. The predicted molar refractivity (Wildman–Crippen MR) is 133 cm³/mol. The average Bonchev–Trinajstić information content (AvgIpc) is 2.78. The van der Waals surface area contributed by atoms with Crippen molar-refractivity contribution in [2.45, 2.75) is 118 Å². The van der Waals surface area contributed by atoms with Crippen LogP contribution in [0.2, 0.25) is 13.3 Å². The van der Waals surface area contributed by atoms with E-state index in [0.717, 1.165) is 6.42 Å². The average molecular weight is 573 g/mol. The summed E-state index contributed by atoms with van der Waals surface area (Å²) in [5, 5.41) is 0. The summed E-state index contributed by atoms with van der Waals surface area (Å²) in [5.41, 5.74) is 1.48. The summed E-state index contributed by atoms with van der Waals surface area (Å²) in [6.07, 6.45) is 8.07. The van der Waals surface area contributed by atoms with Gasteiger partial charge >= 0.3 is 205 Å². The second kappa shape index (κ2) is 14.7. The van der Waals surface area contributed by atoms with Gasteiger partial charge in [0.2, 0.25) is 0 Å². The van der Waals surface area contributed by atoms with Gasteiger partial charge in [0.25, 0.3) is 0 Å². The van der Waals surface area contributed by atoms with Crippen molar-refractivity contribution in [2.24, 2.45) is 5.92 Å². The molecule has 0 aliphatic carbocycles. The van der Waals surface area contributed by atoms with Gasteiger partial charge in [-0.2, -0.15) is 0 Å². The zero-order chi connectivity index (χ0) is 24.3. The summed E-state index contributed by atoms with van der Waals surface area (Å²) in [7, 11) is 0. The minimum absolute atomic E-state index is 0.0750. The summed E-state index contributed by atoms with van der Waals surface area (Å²) in [4.78, 5) is 23.1. The van der Waals surface area contributed by atoms with Crippen molar-refractivity contribution in [3.63, 3.8) is 0 Å². The van der Waals surface area contributed by atoms with Crippen LogP contribution in [0.25, 0.3) is 0 Å². The quantitative estimate of drug-likeness (QED) is 0.201. The van der Waals surface area contributed by atoms with Crippen molar-refractivity contribution < 1.29 is 28.5 Å². The van der Waals surface area contributed by atoms with Crippen molar-refractivity contribution >= 4 is 30.3 Å². The number of hydrogen-bond acceptors (Lipinski definition) is 6. The summed E-state index contributed by atoms with van der Waals surface area (Å²) in [6, 6.07) is 0. The van der Waals surface area contributed by atoms with E-state index in [1.54, 1.807) is 0 Å². The standard InChI is InChI=1S/C14H19O6.3C4H9.Sn/c1-8-4-5-17-14-11(8)6-12(19-10(3)16)13(20-14)7-18-9(2)15;3*1-3-4-2;/h1,11-14H,4-7H2,2-3H3;3*1,3-4H2,2H3;/t11?,12-,13+,14-;;;;/m0..../s1. The fourth-order valence-corrected chi connectivity index (χ4v) is 21.0. The van der Waals surface area contributed by atoms with Crippen molar-refractivity contribution in [1.82, 2.24) is 0 Å². The van der Waals surface area contributed by atoms with E-state index in [0.29, 0.717) is 13.0 Å². The van der Waals surface area contributed by atoms with E-state index in [2.05, 4.69) is 24.9 Å². The number of ether oxygens (including phenoxy) is 4. The minimum atomic E-state index is -2.49. The van der Waals surface area contributed by atoms with E-state index in [1.807, 2.05) is 0 Å². The molecule has 0 amide bonds. The SMILES string of the molecule is CCC[CH2][Sn](/[CH]=C1\CCO[C@H]2O[C@H](COC(C)=O)[C@@H](OC(C)=O)CC12)([CH2]CCC)[CH2]CCC. The van der Waals surface area contributed by atoms with Crippen LogP contribution in [0.1, 0.15) is 86.0 Å². The first-order valence-electron chi connectivity index (χ1n) is 13.1. The molecule has 2 heterocycles. The molecule has 190 valence electrons. The summed E-state index contributed by atoms with van der Waals surface area (Å²) in [5.74, 6) is -0.591. The predicted octanol–water partition coefficient (Wildman–Crippen LogP) is 5.95. The Kier molecular flexibility index (Phi) is 12.8. The second-order valence-corrected chi connectivity index (χ2v) is 22.7. The third kappa shape index (κ3) is 9.17. The Bertz CT molecular complexity index is 627. The van der Waals surface area contributed by atoms with Gasteiger partial charge in [0.1, 0.15) is 0 Å². The molecule has 0 aromatic heterocycles. The van der Waals surface area contributed by atoms with Crippen LogP contribution < -0.4 is 0 Å². The number of carbonyl (C=O) groups excluding carboxylic acids is 2. The molecule has 2 fully saturated rings. The first kappa shape index (κ1) is 28.6. The summed E-state index contributed by atoms with van der Waals surface area (Å²) < 4.78 is 30.2. The maximum atomic E-state index is 11.8. The summed E-state index contributed by atoms with van der Waals surface area (Å²) >= 11 is -2.49. The third-order valence-electron chi connectivity index (χ3n) is 7.03. The molecule has 2 rings (SSSR count). The molecule has 0 radical (unpaired) electrons. The number of fused-ring (bicyclic) bond motifs is 1. The van der Waals surface area contributed by atoms with Crippen molar-refractivity contribution in [3.8, 4) is 0 Å². The molecule has 0 aromatic carbocycles. The van der Waals surface area contributed by atoms with E-state index in [-0.39, 0.29) is 30.8 Å². The molecule has 0 spiro atoms. The molecule has 2 aliphatic heterocycles. The molecule has 2 aliphatic rings. The maximum absolute atomic E-state index is 11.8. The van der Waals surface area contributed by atoms with Crippen molar-refractivity contribution in [2.75, 3.05) is 13.2 Å². The molecule has 1 unspecified atom stereocenters. The Hall–Kier alpha value is -0.601. The van der Waals surface area contributed by atoms with Gasteiger partial charge in [0.15, 0.2) is 0 Å². The molecule has 0 aromatic rings. The first-order valence-corrected chi connectivity index (χ1v) is 20.8. The van der Waals surface area contributed by atoms with Crippen LogP contribution in [0.5, 0.6) is 0 Å². The zero-order valence-corrected chi connectivity index (χ0v) is 24.4. The molecule has 7 heteroatoms. The Morgan fingerprint density at radius 3 is 2.12 bits per heavy atom. The fraction of sp³-hybridized carbons (Fsp3) is 0.846. The van der Waals surface area contributed by atoms with Gasteiger partial charge in [-0.1, -0.05) is 0 Å². The van der Waals surface area contributed by atoms with Gasteiger partial charge in [0, 0.05) is 0 Å². The van der Waals surface area contributed by atoms with E-state index in [4.69, 9.17) is 18.9 Å². The third-order valence-corrected chi connectivity index (χ3v) is 21.4. The number of rotatable bonds is 13. The van der Waals surface area contributed by atoms with Gasteiger partial charge < -0.3 is 0 Å². The zero-order valence-electron chi connectivity index (χ0n) is 21.5.